The van der Waals surface area contributed by atoms with Gasteiger partial charge >= 0.3 is 0 Å². The Morgan fingerprint density at radius 3 is 2.68 bits per heavy atom. The van der Waals surface area contributed by atoms with Crippen molar-refractivity contribution in [1.82, 2.24) is 10.2 Å². The lowest BCUT2D eigenvalue weighted by Gasteiger charge is -2.39. The molecule has 0 bridgehead atoms. The van der Waals surface area contributed by atoms with E-state index in [9.17, 15) is 0 Å². The monoisotopic (exact) mass is 266 g/mol. The maximum atomic E-state index is 3.97. The Bertz CT molecular complexity index is 252. The molecule has 0 aromatic carbocycles. The second-order valence-corrected chi connectivity index (χ2v) is 7.03. The molecule has 2 heteroatoms. The molecule has 2 nitrogen and oxygen atoms in total. The van der Waals surface area contributed by atoms with Crippen LogP contribution in [-0.4, -0.2) is 36.6 Å². The first-order valence-corrected chi connectivity index (χ1v) is 8.69. The minimum atomic E-state index is 0.699. The van der Waals surface area contributed by atoms with Crippen LogP contribution in [0.4, 0.5) is 0 Å². The number of likely N-dealkylation sites (tertiary alicyclic amines) is 1. The molecule has 19 heavy (non-hydrogen) atoms. The minimum absolute atomic E-state index is 0.699. The summed E-state index contributed by atoms with van der Waals surface area (Å²) in [6.07, 6.45) is 9.83. The van der Waals surface area contributed by atoms with Crippen LogP contribution in [0.1, 0.15) is 65.7 Å². The number of piperidine rings is 1. The molecule has 2 aliphatic rings. The van der Waals surface area contributed by atoms with Crippen molar-refractivity contribution in [3.63, 3.8) is 0 Å². The zero-order valence-corrected chi connectivity index (χ0v) is 13.3. The molecule has 1 heterocycles. The average molecular weight is 266 g/mol. The molecule has 0 spiro atoms. The Labute approximate surface area is 120 Å². The summed E-state index contributed by atoms with van der Waals surface area (Å²) in [7, 11) is 0. The van der Waals surface area contributed by atoms with Gasteiger partial charge in [0.2, 0.25) is 0 Å². The van der Waals surface area contributed by atoms with Gasteiger partial charge in [0, 0.05) is 18.6 Å². The van der Waals surface area contributed by atoms with Crippen LogP contribution in [0.25, 0.3) is 0 Å². The van der Waals surface area contributed by atoms with Gasteiger partial charge in [-0.1, -0.05) is 26.7 Å². The van der Waals surface area contributed by atoms with Crippen LogP contribution in [0.15, 0.2) is 0 Å². The molecule has 0 aromatic rings. The van der Waals surface area contributed by atoms with E-state index in [1.54, 1.807) is 0 Å². The standard InChI is InChI=1S/C17H34N2/c1-4-11-19-12-7-9-16(13-19)15(3)18-17-10-6-5-8-14(17)2/h14-18H,4-13H2,1-3H3. The predicted octanol–water partition coefficient (Wildman–Crippen LogP) is 3.67. The Balaban J connectivity index is 1.79. The molecular formula is C17H34N2. The summed E-state index contributed by atoms with van der Waals surface area (Å²) in [6.45, 7) is 11.1. The summed E-state index contributed by atoms with van der Waals surface area (Å²) < 4.78 is 0. The van der Waals surface area contributed by atoms with Gasteiger partial charge in [-0.05, 0) is 64.0 Å². The van der Waals surface area contributed by atoms with Crippen molar-refractivity contribution in [2.45, 2.75) is 77.8 Å². The first-order chi connectivity index (χ1) is 9.20. The van der Waals surface area contributed by atoms with Crippen molar-refractivity contribution in [3.8, 4) is 0 Å². The number of hydrogen-bond acceptors (Lipinski definition) is 2. The normalized spacial score (nSPS) is 35.2. The summed E-state index contributed by atoms with van der Waals surface area (Å²) in [5.74, 6) is 1.75. The molecular weight excluding hydrogens is 232 g/mol. The summed E-state index contributed by atoms with van der Waals surface area (Å²) >= 11 is 0. The molecule has 0 radical (unpaired) electrons. The van der Waals surface area contributed by atoms with Crippen molar-refractivity contribution in [3.05, 3.63) is 0 Å². The van der Waals surface area contributed by atoms with Gasteiger partial charge in [0.1, 0.15) is 0 Å². The van der Waals surface area contributed by atoms with Crippen molar-refractivity contribution >= 4 is 0 Å². The highest BCUT2D eigenvalue weighted by Crippen LogP contribution is 2.26. The zero-order valence-electron chi connectivity index (χ0n) is 13.3. The maximum absolute atomic E-state index is 3.97. The smallest absolute Gasteiger partial charge is 0.00952 e. The molecule has 2 rings (SSSR count). The molecule has 1 N–H and O–H groups in total. The topological polar surface area (TPSA) is 15.3 Å². The summed E-state index contributed by atoms with van der Waals surface area (Å²) in [6, 6.07) is 1.48. The Kier molecular flexibility index (Phi) is 6.15. The van der Waals surface area contributed by atoms with Gasteiger partial charge in [-0.25, -0.2) is 0 Å². The van der Waals surface area contributed by atoms with Gasteiger partial charge in [-0.3, -0.25) is 0 Å². The fourth-order valence-corrected chi connectivity index (χ4v) is 4.06. The van der Waals surface area contributed by atoms with Crippen LogP contribution in [0.5, 0.6) is 0 Å². The maximum Gasteiger partial charge on any atom is 0.00952 e. The van der Waals surface area contributed by atoms with E-state index in [1.807, 2.05) is 0 Å². The third kappa shape index (κ3) is 4.46. The Hall–Kier alpha value is -0.0800. The first kappa shape index (κ1) is 15.3. The van der Waals surface area contributed by atoms with E-state index in [1.165, 1.54) is 64.6 Å². The highest BCUT2D eigenvalue weighted by atomic mass is 15.1. The third-order valence-corrected chi connectivity index (χ3v) is 5.38. The second kappa shape index (κ2) is 7.64. The Morgan fingerprint density at radius 2 is 1.95 bits per heavy atom. The minimum Gasteiger partial charge on any atom is -0.311 e. The van der Waals surface area contributed by atoms with Crippen LogP contribution in [0, 0.1) is 11.8 Å². The highest BCUT2D eigenvalue weighted by molar-refractivity contribution is 4.86. The average Bonchev–Trinajstić information content (AvgIpc) is 2.42. The van der Waals surface area contributed by atoms with E-state index < -0.39 is 0 Å². The lowest BCUT2D eigenvalue weighted by Crippen LogP contribution is -2.49. The lowest BCUT2D eigenvalue weighted by atomic mass is 9.84. The molecule has 1 saturated carbocycles. The van der Waals surface area contributed by atoms with Gasteiger partial charge in [0.05, 0.1) is 0 Å². The molecule has 1 aliphatic heterocycles. The number of hydrogen-bond donors (Lipinski definition) is 1. The largest absolute Gasteiger partial charge is 0.311 e. The van der Waals surface area contributed by atoms with Crippen molar-refractivity contribution in [2.75, 3.05) is 19.6 Å². The number of nitrogens with zero attached hydrogens (tertiary/aromatic N) is 1. The van der Waals surface area contributed by atoms with Gasteiger partial charge in [-0.2, -0.15) is 0 Å². The van der Waals surface area contributed by atoms with E-state index >= 15 is 0 Å². The highest BCUT2D eigenvalue weighted by Gasteiger charge is 2.28. The predicted molar refractivity (Wildman–Crippen MR) is 83.5 cm³/mol. The summed E-state index contributed by atoms with van der Waals surface area (Å²) in [5.41, 5.74) is 0. The number of nitrogens with one attached hydrogen (secondary N) is 1. The number of rotatable bonds is 5. The fraction of sp³-hybridized carbons (Fsp3) is 1.00. The van der Waals surface area contributed by atoms with Crippen molar-refractivity contribution in [1.29, 1.82) is 0 Å². The molecule has 4 atom stereocenters. The molecule has 4 unspecified atom stereocenters. The summed E-state index contributed by atoms with van der Waals surface area (Å²) in [5, 5.41) is 3.97. The summed E-state index contributed by atoms with van der Waals surface area (Å²) in [4.78, 5) is 2.68. The molecule has 2 fully saturated rings. The molecule has 112 valence electrons. The van der Waals surface area contributed by atoms with Gasteiger partial charge in [0.15, 0.2) is 0 Å². The van der Waals surface area contributed by atoms with E-state index in [4.69, 9.17) is 0 Å². The Morgan fingerprint density at radius 1 is 1.16 bits per heavy atom. The zero-order chi connectivity index (χ0) is 13.7. The molecule has 0 amide bonds. The van der Waals surface area contributed by atoms with Gasteiger partial charge < -0.3 is 10.2 Å². The van der Waals surface area contributed by atoms with Gasteiger partial charge in [-0.15, -0.1) is 0 Å². The van der Waals surface area contributed by atoms with E-state index in [0.29, 0.717) is 6.04 Å². The van der Waals surface area contributed by atoms with Crippen molar-refractivity contribution < 1.29 is 0 Å². The van der Waals surface area contributed by atoms with Crippen molar-refractivity contribution in [2.24, 2.45) is 11.8 Å². The van der Waals surface area contributed by atoms with Crippen LogP contribution >= 0.6 is 0 Å². The second-order valence-electron chi connectivity index (χ2n) is 7.03. The SMILES string of the molecule is CCCN1CCCC(C(C)NC2CCCCC2C)C1. The lowest BCUT2D eigenvalue weighted by molar-refractivity contribution is 0.136. The van der Waals surface area contributed by atoms with Gasteiger partial charge in [0.25, 0.3) is 0 Å². The van der Waals surface area contributed by atoms with Crippen LogP contribution in [-0.2, 0) is 0 Å². The molecule has 1 saturated heterocycles. The molecule has 1 aliphatic carbocycles. The quantitative estimate of drug-likeness (QED) is 0.817. The van der Waals surface area contributed by atoms with E-state index in [0.717, 1.165) is 17.9 Å². The van der Waals surface area contributed by atoms with Crippen LogP contribution in [0.3, 0.4) is 0 Å². The van der Waals surface area contributed by atoms with E-state index in [-0.39, 0.29) is 0 Å². The van der Waals surface area contributed by atoms with Crippen LogP contribution in [0.2, 0.25) is 0 Å². The molecule has 0 aromatic heterocycles. The van der Waals surface area contributed by atoms with Crippen LogP contribution < -0.4 is 5.32 Å². The van der Waals surface area contributed by atoms with E-state index in [2.05, 4.69) is 31.0 Å². The fourth-order valence-electron chi connectivity index (χ4n) is 4.06. The third-order valence-electron chi connectivity index (χ3n) is 5.38. The first-order valence-electron chi connectivity index (χ1n) is 8.69.